The van der Waals surface area contributed by atoms with Gasteiger partial charge >= 0.3 is 0 Å². The summed E-state index contributed by atoms with van der Waals surface area (Å²) < 4.78 is 0. The first-order valence-electron chi connectivity index (χ1n) is 4.31. The second-order valence-corrected chi connectivity index (χ2v) is 4.21. The SMILES string of the molecule is O=Cc1csc(C2C(=O)CCC2=O)c1. The van der Waals surface area contributed by atoms with E-state index in [4.69, 9.17) is 0 Å². The maximum Gasteiger partial charge on any atom is 0.150 e. The van der Waals surface area contributed by atoms with Crippen LogP contribution in [0.2, 0.25) is 0 Å². The molecule has 1 heterocycles. The van der Waals surface area contributed by atoms with E-state index in [0.29, 0.717) is 23.3 Å². The van der Waals surface area contributed by atoms with Crippen molar-refractivity contribution in [1.82, 2.24) is 0 Å². The Bertz CT molecular complexity index is 389. The molecule has 0 atom stereocenters. The number of carbonyl (C=O) groups excluding carboxylic acids is 3. The number of ketones is 2. The Labute approximate surface area is 84.7 Å². The molecule has 1 aliphatic rings. The van der Waals surface area contributed by atoms with Gasteiger partial charge in [-0.25, -0.2) is 0 Å². The maximum absolute atomic E-state index is 11.4. The average Bonchev–Trinajstić information content (AvgIpc) is 2.73. The first kappa shape index (κ1) is 9.27. The molecular formula is C10H8O3S. The van der Waals surface area contributed by atoms with Crippen molar-refractivity contribution in [2.75, 3.05) is 0 Å². The van der Waals surface area contributed by atoms with Crippen LogP contribution in [0.15, 0.2) is 11.4 Å². The minimum absolute atomic E-state index is 0.0192. The summed E-state index contributed by atoms with van der Waals surface area (Å²) in [6.45, 7) is 0. The van der Waals surface area contributed by atoms with Gasteiger partial charge in [0.15, 0.2) is 6.29 Å². The fourth-order valence-corrected chi connectivity index (χ4v) is 2.61. The third kappa shape index (κ3) is 1.42. The molecule has 0 radical (unpaired) electrons. The second-order valence-electron chi connectivity index (χ2n) is 3.27. The van der Waals surface area contributed by atoms with Crippen molar-refractivity contribution in [2.45, 2.75) is 18.8 Å². The topological polar surface area (TPSA) is 51.2 Å². The Kier molecular flexibility index (Phi) is 2.29. The summed E-state index contributed by atoms with van der Waals surface area (Å²) in [5, 5.41) is 1.67. The van der Waals surface area contributed by atoms with Gasteiger partial charge < -0.3 is 0 Å². The van der Waals surface area contributed by atoms with Crippen molar-refractivity contribution in [1.29, 1.82) is 0 Å². The molecule has 0 amide bonds. The summed E-state index contributed by atoms with van der Waals surface area (Å²) in [4.78, 5) is 33.9. The average molecular weight is 208 g/mol. The quantitative estimate of drug-likeness (QED) is 0.547. The number of hydrogen-bond acceptors (Lipinski definition) is 4. The molecule has 1 fully saturated rings. The van der Waals surface area contributed by atoms with E-state index in [1.807, 2.05) is 0 Å². The number of rotatable bonds is 2. The predicted octanol–water partition coefficient (Wildman–Crippen LogP) is 1.58. The van der Waals surface area contributed by atoms with Gasteiger partial charge in [-0.1, -0.05) is 0 Å². The molecule has 72 valence electrons. The Hall–Kier alpha value is -1.29. The molecule has 0 N–H and O–H groups in total. The first-order chi connectivity index (χ1) is 6.72. The molecule has 3 nitrogen and oxygen atoms in total. The number of aldehydes is 1. The van der Waals surface area contributed by atoms with E-state index in [2.05, 4.69) is 0 Å². The van der Waals surface area contributed by atoms with Crippen LogP contribution in [0.4, 0.5) is 0 Å². The lowest BCUT2D eigenvalue weighted by atomic mass is 10.0. The Morgan fingerprint density at radius 1 is 1.29 bits per heavy atom. The summed E-state index contributed by atoms with van der Waals surface area (Å²) in [7, 11) is 0. The maximum atomic E-state index is 11.4. The van der Waals surface area contributed by atoms with E-state index in [0.717, 1.165) is 6.29 Å². The minimum atomic E-state index is -0.589. The third-order valence-electron chi connectivity index (χ3n) is 2.32. The van der Waals surface area contributed by atoms with Crippen LogP contribution in [0.1, 0.15) is 34.0 Å². The Morgan fingerprint density at radius 3 is 2.43 bits per heavy atom. The van der Waals surface area contributed by atoms with Crippen molar-refractivity contribution >= 4 is 29.2 Å². The highest BCUT2D eigenvalue weighted by molar-refractivity contribution is 7.10. The molecule has 1 aliphatic carbocycles. The standard InChI is InChI=1S/C10H8O3S/c11-4-6-3-9(14-5-6)10-7(12)1-2-8(10)13/h3-5,10H,1-2H2. The molecule has 14 heavy (non-hydrogen) atoms. The monoisotopic (exact) mass is 208 g/mol. The van der Waals surface area contributed by atoms with E-state index in [-0.39, 0.29) is 11.6 Å². The molecule has 0 unspecified atom stereocenters. The normalized spacial score (nSPS) is 17.7. The van der Waals surface area contributed by atoms with Gasteiger partial charge in [0, 0.05) is 28.7 Å². The minimum Gasteiger partial charge on any atom is -0.298 e. The fourth-order valence-electron chi connectivity index (χ4n) is 1.61. The summed E-state index contributed by atoms with van der Waals surface area (Å²) in [5.41, 5.74) is 0.539. The molecule has 2 rings (SSSR count). The molecule has 0 aliphatic heterocycles. The lowest BCUT2D eigenvalue weighted by Crippen LogP contribution is -2.09. The van der Waals surface area contributed by atoms with Crippen LogP contribution < -0.4 is 0 Å². The van der Waals surface area contributed by atoms with E-state index >= 15 is 0 Å². The van der Waals surface area contributed by atoms with Crippen molar-refractivity contribution in [3.8, 4) is 0 Å². The molecule has 0 bridgehead atoms. The summed E-state index contributed by atoms with van der Waals surface area (Å²) in [6.07, 6.45) is 1.42. The largest absolute Gasteiger partial charge is 0.298 e. The zero-order chi connectivity index (χ0) is 10.1. The predicted molar refractivity (Wildman–Crippen MR) is 51.7 cm³/mol. The second kappa shape index (κ2) is 3.46. The highest BCUT2D eigenvalue weighted by Gasteiger charge is 2.34. The van der Waals surface area contributed by atoms with Crippen LogP contribution in [-0.2, 0) is 9.59 Å². The first-order valence-corrected chi connectivity index (χ1v) is 5.19. The van der Waals surface area contributed by atoms with Gasteiger partial charge in [0.25, 0.3) is 0 Å². The van der Waals surface area contributed by atoms with Gasteiger partial charge in [-0.2, -0.15) is 0 Å². The molecule has 0 saturated heterocycles. The molecule has 4 heteroatoms. The van der Waals surface area contributed by atoms with Crippen molar-refractivity contribution < 1.29 is 14.4 Å². The third-order valence-corrected chi connectivity index (χ3v) is 3.34. The number of hydrogen-bond donors (Lipinski definition) is 0. The van der Waals surface area contributed by atoms with Gasteiger partial charge in [-0.3, -0.25) is 14.4 Å². The van der Waals surface area contributed by atoms with E-state index in [1.165, 1.54) is 11.3 Å². The smallest absolute Gasteiger partial charge is 0.150 e. The van der Waals surface area contributed by atoms with E-state index < -0.39 is 5.92 Å². The van der Waals surface area contributed by atoms with Gasteiger partial charge in [0.2, 0.25) is 0 Å². The van der Waals surface area contributed by atoms with E-state index in [1.54, 1.807) is 11.4 Å². The van der Waals surface area contributed by atoms with Crippen molar-refractivity contribution in [3.63, 3.8) is 0 Å². The van der Waals surface area contributed by atoms with Crippen molar-refractivity contribution in [3.05, 3.63) is 21.9 Å². The lowest BCUT2D eigenvalue weighted by Gasteiger charge is -2.01. The van der Waals surface area contributed by atoms with Gasteiger partial charge in [-0.15, -0.1) is 11.3 Å². The van der Waals surface area contributed by atoms with Gasteiger partial charge in [0.1, 0.15) is 17.5 Å². The fraction of sp³-hybridized carbons (Fsp3) is 0.300. The summed E-state index contributed by atoms with van der Waals surface area (Å²) in [5.74, 6) is -0.628. The molecule has 0 spiro atoms. The number of carbonyl (C=O) groups is 3. The van der Waals surface area contributed by atoms with Crippen LogP contribution in [0, 0.1) is 0 Å². The highest BCUT2D eigenvalue weighted by atomic mass is 32.1. The van der Waals surface area contributed by atoms with Crippen LogP contribution >= 0.6 is 11.3 Å². The van der Waals surface area contributed by atoms with Gasteiger partial charge in [0.05, 0.1) is 0 Å². The van der Waals surface area contributed by atoms with Crippen LogP contribution in [0.3, 0.4) is 0 Å². The number of thiophene rings is 1. The molecular weight excluding hydrogens is 200 g/mol. The van der Waals surface area contributed by atoms with Crippen LogP contribution in [0.5, 0.6) is 0 Å². The summed E-state index contributed by atoms with van der Waals surface area (Å²) >= 11 is 1.31. The Morgan fingerprint density at radius 2 is 1.93 bits per heavy atom. The Balaban J connectivity index is 2.34. The van der Waals surface area contributed by atoms with Gasteiger partial charge in [-0.05, 0) is 6.07 Å². The molecule has 1 aromatic heterocycles. The zero-order valence-corrected chi connectivity index (χ0v) is 8.17. The summed E-state index contributed by atoms with van der Waals surface area (Å²) in [6, 6.07) is 1.63. The molecule has 0 aromatic carbocycles. The zero-order valence-electron chi connectivity index (χ0n) is 7.36. The lowest BCUT2D eigenvalue weighted by molar-refractivity contribution is -0.123. The highest BCUT2D eigenvalue weighted by Crippen LogP contribution is 2.31. The van der Waals surface area contributed by atoms with Crippen molar-refractivity contribution in [2.24, 2.45) is 0 Å². The van der Waals surface area contributed by atoms with Crippen LogP contribution in [-0.4, -0.2) is 17.9 Å². The van der Waals surface area contributed by atoms with Crippen LogP contribution in [0.25, 0.3) is 0 Å². The van der Waals surface area contributed by atoms with E-state index in [9.17, 15) is 14.4 Å². The molecule has 1 aromatic rings. The molecule has 1 saturated carbocycles. The number of Topliss-reactive ketones (excluding diaryl/α,β-unsaturated/α-hetero) is 2.